The van der Waals surface area contributed by atoms with Crippen LogP contribution in [0.4, 0.5) is 5.82 Å². The average molecular weight is 681 g/mol. The van der Waals surface area contributed by atoms with E-state index in [1.165, 1.54) is 22.2 Å². The van der Waals surface area contributed by atoms with Crippen molar-refractivity contribution in [3.05, 3.63) is 83.9 Å². The van der Waals surface area contributed by atoms with Crippen LogP contribution in [0.1, 0.15) is 47.2 Å². The Bertz CT molecular complexity index is 1780. The summed E-state index contributed by atoms with van der Waals surface area (Å²) in [5.41, 5.74) is 2.50. The van der Waals surface area contributed by atoms with Crippen molar-refractivity contribution in [1.29, 1.82) is 0 Å². The number of sulfonamides is 1. The molecule has 256 valence electrons. The van der Waals surface area contributed by atoms with Gasteiger partial charge in [0, 0.05) is 39.1 Å². The molecule has 1 fully saturated rings. The first-order valence-electron chi connectivity index (χ1n) is 15.6. The second-order valence-electron chi connectivity index (χ2n) is 11.5. The summed E-state index contributed by atoms with van der Waals surface area (Å²) in [6, 6.07) is 19.8. The van der Waals surface area contributed by atoms with Crippen LogP contribution in [-0.2, 0) is 19.6 Å². The molecular weight excluding hydrogens is 640 g/mol. The van der Waals surface area contributed by atoms with Crippen LogP contribution < -0.4 is 16.0 Å². The Morgan fingerprint density at radius 1 is 1.00 bits per heavy atom. The first-order chi connectivity index (χ1) is 23.0. The number of nitrogens with one attached hydrogen (secondary N) is 3. The van der Waals surface area contributed by atoms with E-state index in [0.29, 0.717) is 19.5 Å². The monoisotopic (exact) mass is 680 g/mol. The van der Waals surface area contributed by atoms with Gasteiger partial charge in [0.2, 0.25) is 15.8 Å². The molecule has 1 aliphatic heterocycles. The maximum absolute atomic E-state index is 13.3. The zero-order valence-corrected chi connectivity index (χ0v) is 27.7. The molecule has 48 heavy (non-hydrogen) atoms. The van der Waals surface area contributed by atoms with Crippen LogP contribution >= 0.6 is 0 Å². The van der Waals surface area contributed by atoms with E-state index >= 15 is 0 Å². The number of aliphatic hydroxyl groups excluding tert-OH is 2. The molecule has 0 unspecified atom stereocenters. The number of carbonyl (C=O) groups excluding carboxylic acids is 2. The summed E-state index contributed by atoms with van der Waals surface area (Å²) in [4.78, 5) is 39.3. The van der Waals surface area contributed by atoms with Crippen LogP contribution in [0, 0.1) is 0 Å². The molecule has 1 saturated heterocycles. The van der Waals surface area contributed by atoms with E-state index in [1.807, 2.05) is 60.7 Å². The van der Waals surface area contributed by atoms with Crippen molar-refractivity contribution in [3.8, 4) is 0 Å². The SMILES string of the molecule is CCNC(=O)[C@H]1O[C@@H](n2cnc3c(NCC(c4ccccc4)c4ccccc4)nc(C(=O)NCCCN(C)S(C)(=O)=O)nc32)[C@@H](O)[C@@H]1O. The van der Waals surface area contributed by atoms with Crippen LogP contribution in [0.2, 0.25) is 0 Å². The number of benzene rings is 2. The molecule has 0 radical (unpaired) electrons. The Hall–Kier alpha value is -4.48. The molecule has 0 saturated carbocycles. The van der Waals surface area contributed by atoms with Gasteiger partial charge in [0.25, 0.3) is 11.8 Å². The lowest BCUT2D eigenvalue weighted by atomic mass is 9.91. The standard InChI is InChI=1S/C32H40N8O7S/c1-4-33-30(43)26-24(41)25(42)32(47-26)40-19-36-23-27(35-18-22(20-12-7-5-8-13-20)21-14-9-6-10-15-21)37-28(38-29(23)40)31(44)34-16-11-17-39(2)48(3,45)46/h5-10,12-15,19,22,24-26,32,41-42H,4,11,16-18H2,1-3H3,(H,33,43)(H,34,44)(H,35,37,38)/t24-,25-,26-,32+/m0/s1. The summed E-state index contributed by atoms with van der Waals surface area (Å²) >= 11 is 0. The number of anilines is 1. The maximum Gasteiger partial charge on any atom is 0.289 e. The van der Waals surface area contributed by atoms with Gasteiger partial charge in [-0.15, -0.1) is 0 Å². The normalized spacial score (nSPS) is 19.6. The number of hydrogen-bond acceptors (Lipinski definition) is 11. The summed E-state index contributed by atoms with van der Waals surface area (Å²) in [5.74, 6) is -1.28. The summed E-state index contributed by atoms with van der Waals surface area (Å²) in [5, 5.41) is 30.2. The molecule has 0 spiro atoms. The molecule has 4 atom stereocenters. The van der Waals surface area contributed by atoms with Crippen LogP contribution in [-0.4, -0.2) is 112 Å². The molecule has 2 aromatic carbocycles. The molecule has 2 aromatic heterocycles. The molecule has 16 heteroatoms. The third-order valence-corrected chi connectivity index (χ3v) is 9.44. The fraction of sp³-hybridized carbons (Fsp3) is 0.406. The third-order valence-electron chi connectivity index (χ3n) is 8.13. The van der Waals surface area contributed by atoms with Gasteiger partial charge in [0.1, 0.15) is 12.2 Å². The zero-order valence-electron chi connectivity index (χ0n) is 26.9. The van der Waals surface area contributed by atoms with E-state index in [0.717, 1.165) is 17.4 Å². The van der Waals surface area contributed by atoms with Gasteiger partial charge < -0.3 is 30.9 Å². The molecule has 3 heterocycles. The molecule has 0 aliphatic carbocycles. The lowest BCUT2D eigenvalue weighted by Gasteiger charge is -2.20. The molecule has 15 nitrogen and oxygen atoms in total. The van der Waals surface area contributed by atoms with Gasteiger partial charge in [-0.2, -0.15) is 0 Å². The second kappa shape index (κ2) is 15.2. The highest BCUT2D eigenvalue weighted by atomic mass is 32.2. The van der Waals surface area contributed by atoms with E-state index < -0.39 is 46.4 Å². The van der Waals surface area contributed by atoms with Crippen molar-refractivity contribution in [2.75, 3.05) is 44.8 Å². The lowest BCUT2D eigenvalue weighted by molar-refractivity contribution is -0.137. The first-order valence-corrected chi connectivity index (χ1v) is 17.4. The van der Waals surface area contributed by atoms with E-state index in [-0.39, 0.29) is 41.8 Å². The Morgan fingerprint density at radius 2 is 1.65 bits per heavy atom. The number of amides is 2. The van der Waals surface area contributed by atoms with E-state index in [1.54, 1.807) is 6.92 Å². The molecule has 4 aromatic rings. The van der Waals surface area contributed by atoms with Gasteiger partial charge in [-0.3, -0.25) is 14.2 Å². The van der Waals surface area contributed by atoms with Crippen LogP contribution in [0.3, 0.4) is 0 Å². The van der Waals surface area contributed by atoms with Gasteiger partial charge in [-0.25, -0.2) is 27.7 Å². The third kappa shape index (κ3) is 7.79. The van der Waals surface area contributed by atoms with Gasteiger partial charge in [0.05, 0.1) is 12.6 Å². The number of aliphatic hydroxyl groups is 2. The number of aromatic nitrogens is 4. The summed E-state index contributed by atoms with van der Waals surface area (Å²) in [7, 11) is -1.91. The fourth-order valence-electron chi connectivity index (χ4n) is 5.45. The zero-order chi connectivity index (χ0) is 34.4. The molecule has 2 amide bonds. The Labute approximate surface area is 278 Å². The molecule has 1 aliphatic rings. The largest absolute Gasteiger partial charge is 0.387 e. The molecule has 0 bridgehead atoms. The average Bonchev–Trinajstić information content (AvgIpc) is 3.63. The predicted molar refractivity (Wildman–Crippen MR) is 178 cm³/mol. The first kappa shape index (κ1) is 34.8. The highest BCUT2D eigenvalue weighted by Crippen LogP contribution is 2.33. The summed E-state index contributed by atoms with van der Waals surface area (Å²) < 4.78 is 31.8. The van der Waals surface area contributed by atoms with Gasteiger partial charge in [0.15, 0.2) is 29.3 Å². The van der Waals surface area contributed by atoms with Crippen molar-refractivity contribution < 1.29 is 33.0 Å². The Kier molecular flexibility index (Phi) is 11.0. The number of nitrogens with zero attached hydrogens (tertiary/aromatic N) is 5. The van der Waals surface area contributed by atoms with Crippen molar-refractivity contribution in [3.63, 3.8) is 0 Å². The summed E-state index contributed by atoms with van der Waals surface area (Å²) in [6.07, 6.45) is -2.82. The number of imidazole rings is 1. The quantitative estimate of drug-likeness (QED) is 0.118. The van der Waals surface area contributed by atoms with Crippen LogP contribution in [0.5, 0.6) is 0 Å². The Morgan fingerprint density at radius 3 is 2.25 bits per heavy atom. The van der Waals surface area contributed by atoms with E-state index in [2.05, 4.69) is 30.9 Å². The smallest absolute Gasteiger partial charge is 0.289 e. The van der Waals surface area contributed by atoms with Gasteiger partial charge in [-0.1, -0.05) is 60.7 Å². The van der Waals surface area contributed by atoms with Crippen molar-refractivity contribution >= 4 is 38.8 Å². The second-order valence-corrected chi connectivity index (χ2v) is 13.6. The number of rotatable bonds is 14. The summed E-state index contributed by atoms with van der Waals surface area (Å²) in [6.45, 7) is 2.74. The lowest BCUT2D eigenvalue weighted by Crippen LogP contribution is -2.42. The maximum atomic E-state index is 13.3. The number of carbonyl (C=O) groups is 2. The molecular formula is C32H40N8O7S. The fourth-order valence-corrected chi connectivity index (χ4v) is 5.92. The number of likely N-dealkylation sites (N-methyl/N-ethyl adjacent to an activating group) is 1. The highest BCUT2D eigenvalue weighted by Gasteiger charge is 2.47. The minimum Gasteiger partial charge on any atom is -0.387 e. The van der Waals surface area contributed by atoms with Crippen LogP contribution in [0.15, 0.2) is 67.0 Å². The van der Waals surface area contributed by atoms with Crippen molar-refractivity contribution in [1.82, 2.24) is 34.5 Å². The van der Waals surface area contributed by atoms with E-state index in [4.69, 9.17) is 4.74 Å². The molecule has 5 rings (SSSR count). The van der Waals surface area contributed by atoms with Crippen molar-refractivity contribution in [2.45, 2.75) is 43.8 Å². The van der Waals surface area contributed by atoms with E-state index in [9.17, 15) is 28.2 Å². The van der Waals surface area contributed by atoms with Crippen LogP contribution in [0.25, 0.3) is 11.2 Å². The highest BCUT2D eigenvalue weighted by molar-refractivity contribution is 7.88. The number of fused-ring (bicyclic) bond motifs is 1. The Balaban J connectivity index is 1.47. The van der Waals surface area contributed by atoms with Gasteiger partial charge >= 0.3 is 0 Å². The van der Waals surface area contributed by atoms with Gasteiger partial charge in [-0.05, 0) is 24.5 Å². The predicted octanol–water partition coefficient (Wildman–Crippen LogP) is 0.837. The topological polar surface area (TPSA) is 201 Å². The molecule has 5 N–H and O–H groups in total. The number of hydrogen-bond donors (Lipinski definition) is 5. The van der Waals surface area contributed by atoms with Crippen molar-refractivity contribution in [2.24, 2.45) is 0 Å². The minimum atomic E-state index is -3.36. The number of ether oxygens (including phenoxy) is 1. The minimum absolute atomic E-state index is 0.100.